The maximum absolute atomic E-state index is 2.67. The van der Waals surface area contributed by atoms with Crippen molar-refractivity contribution >= 4 is 0 Å². The lowest BCUT2D eigenvalue weighted by Gasteiger charge is -2.42. The topological polar surface area (TPSA) is 3.24 Å². The van der Waals surface area contributed by atoms with Crippen molar-refractivity contribution in [2.45, 2.75) is 52.0 Å². The molecular formula is C12H23N. The molecule has 1 saturated carbocycles. The molecule has 13 heavy (non-hydrogen) atoms. The van der Waals surface area contributed by atoms with Gasteiger partial charge in [0, 0.05) is 12.6 Å². The van der Waals surface area contributed by atoms with E-state index in [2.05, 4.69) is 18.7 Å². The average molecular weight is 181 g/mol. The maximum atomic E-state index is 2.67. The Morgan fingerprint density at radius 2 is 1.69 bits per heavy atom. The van der Waals surface area contributed by atoms with Gasteiger partial charge in [0.25, 0.3) is 0 Å². The molecule has 1 aliphatic carbocycles. The summed E-state index contributed by atoms with van der Waals surface area (Å²) < 4.78 is 0. The minimum absolute atomic E-state index is 0.767. The summed E-state index contributed by atoms with van der Waals surface area (Å²) in [6.07, 6.45) is 7.50. The first-order valence-corrected chi connectivity index (χ1v) is 6.01. The molecule has 0 N–H and O–H groups in total. The fourth-order valence-corrected chi connectivity index (χ4v) is 3.10. The third-order valence-corrected chi connectivity index (χ3v) is 4.05. The molecule has 1 aliphatic heterocycles. The molecule has 1 heteroatoms. The van der Waals surface area contributed by atoms with Crippen LogP contribution in [0.5, 0.6) is 0 Å². The van der Waals surface area contributed by atoms with Crippen molar-refractivity contribution in [1.29, 1.82) is 0 Å². The van der Waals surface area contributed by atoms with Crippen molar-refractivity contribution in [3.63, 3.8) is 0 Å². The minimum Gasteiger partial charge on any atom is -0.301 e. The fourth-order valence-electron chi connectivity index (χ4n) is 3.10. The van der Waals surface area contributed by atoms with Crippen LogP contribution in [-0.2, 0) is 0 Å². The molecule has 1 nitrogen and oxygen atoms in total. The molecule has 0 bridgehead atoms. The van der Waals surface area contributed by atoms with Gasteiger partial charge in [-0.25, -0.2) is 0 Å². The van der Waals surface area contributed by atoms with Gasteiger partial charge in [0.1, 0.15) is 0 Å². The van der Waals surface area contributed by atoms with Crippen molar-refractivity contribution in [3.8, 4) is 0 Å². The summed E-state index contributed by atoms with van der Waals surface area (Å²) in [6, 6.07) is 0.767. The lowest BCUT2D eigenvalue weighted by Crippen LogP contribution is -2.44. The molecule has 1 saturated heterocycles. The van der Waals surface area contributed by atoms with Crippen molar-refractivity contribution in [3.05, 3.63) is 0 Å². The van der Waals surface area contributed by atoms with Crippen LogP contribution in [0.25, 0.3) is 0 Å². The molecule has 0 amide bonds. The van der Waals surface area contributed by atoms with E-state index in [9.17, 15) is 0 Å². The largest absolute Gasteiger partial charge is 0.301 e. The predicted octanol–water partition coefficient (Wildman–Crippen LogP) is 2.91. The Morgan fingerprint density at radius 3 is 2.38 bits per heavy atom. The SMILES string of the molecule is CC(C)N1CCC2CCCCC2C1. The number of fused-ring (bicyclic) bond motifs is 1. The van der Waals surface area contributed by atoms with Crippen LogP contribution in [0, 0.1) is 11.8 Å². The zero-order valence-corrected chi connectivity index (χ0v) is 9.13. The van der Waals surface area contributed by atoms with Gasteiger partial charge in [-0.3, -0.25) is 0 Å². The zero-order chi connectivity index (χ0) is 9.26. The molecule has 2 atom stereocenters. The van der Waals surface area contributed by atoms with Crippen LogP contribution in [0.15, 0.2) is 0 Å². The Morgan fingerprint density at radius 1 is 1.00 bits per heavy atom. The highest BCUT2D eigenvalue weighted by Gasteiger charge is 2.31. The highest BCUT2D eigenvalue weighted by Crippen LogP contribution is 2.36. The molecule has 0 radical (unpaired) electrons. The molecule has 0 aromatic carbocycles. The standard InChI is InChI=1S/C12H23N/c1-10(2)13-8-7-11-5-3-4-6-12(11)9-13/h10-12H,3-9H2,1-2H3. The van der Waals surface area contributed by atoms with Gasteiger partial charge >= 0.3 is 0 Å². The van der Waals surface area contributed by atoms with E-state index in [0.29, 0.717) is 0 Å². The number of nitrogens with zero attached hydrogens (tertiary/aromatic N) is 1. The van der Waals surface area contributed by atoms with Gasteiger partial charge in [-0.1, -0.05) is 19.3 Å². The van der Waals surface area contributed by atoms with E-state index in [-0.39, 0.29) is 0 Å². The van der Waals surface area contributed by atoms with Gasteiger partial charge in [0.2, 0.25) is 0 Å². The first-order valence-electron chi connectivity index (χ1n) is 6.01. The fraction of sp³-hybridized carbons (Fsp3) is 1.00. The average Bonchev–Trinajstić information content (AvgIpc) is 2.17. The van der Waals surface area contributed by atoms with E-state index in [1.54, 1.807) is 0 Å². The third kappa shape index (κ3) is 2.07. The first-order chi connectivity index (χ1) is 6.27. The lowest BCUT2D eigenvalue weighted by atomic mass is 9.75. The molecule has 0 aromatic heterocycles. The molecule has 0 spiro atoms. The summed E-state index contributed by atoms with van der Waals surface area (Å²) in [5.74, 6) is 2.13. The van der Waals surface area contributed by atoms with Crippen LogP contribution in [0.4, 0.5) is 0 Å². The van der Waals surface area contributed by atoms with Crippen molar-refractivity contribution in [2.24, 2.45) is 11.8 Å². The molecular weight excluding hydrogens is 158 g/mol. The van der Waals surface area contributed by atoms with Crippen LogP contribution in [0.2, 0.25) is 0 Å². The van der Waals surface area contributed by atoms with Crippen molar-refractivity contribution < 1.29 is 0 Å². The second kappa shape index (κ2) is 4.00. The Labute approximate surface area is 82.5 Å². The Balaban J connectivity index is 1.91. The van der Waals surface area contributed by atoms with Crippen LogP contribution in [0.1, 0.15) is 46.0 Å². The molecule has 1 heterocycles. The van der Waals surface area contributed by atoms with E-state index >= 15 is 0 Å². The number of hydrogen-bond donors (Lipinski definition) is 0. The summed E-state index contributed by atoms with van der Waals surface area (Å²) in [5.41, 5.74) is 0. The van der Waals surface area contributed by atoms with Gasteiger partial charge in [0.05, 0.1) is 0 Å². The van der Waals surface area contributed by atoms with E-state index in [1.165, 1.54) is 45.2 Å². The van der Waals surface area contributed by atoms with Gasteiger partial charge < -0.3 is 4.90 Å². The smallest absolute Gasteiger partial charge is 0.00387 e. The minimum atomic E-state index is 0.767. The van der Waals surface area contributed by atoms with Crippen molar-refractivity contribution in [2.75, 3.05) is 13.1 Å². The van der Waals surface area contributed by atoms with Crippen molar-refractivity contribution in [1.82, 2.24) is 4.90 Å². The second-order valence-corrected chi connectivity index (χ2v) is 5.18. The Bertz CT molecular complexity index is 165. The number of piperidine rings is 1. The summed E-state index contributed by atoms with van der Waals surface area (Å²) >= 11 is 0. The van der Waals surface area contributed by atoms with Gasteiger partial charge in [-0.05, 0) is 45.1 Å². The first kappa shape index (κ1) is 9.51. The number of hydrogen-bond acceptors (Lipinski definition) is 1. The summed E-state index contributed by atoms with van der Waals surface area (Å²) in [4.78, 5) is 2.67. The van der Waals surface area contributed by atoms with Crippen LogP contribution < -0.4 is 0 Å². The monoisotopic (exact) mass is 181 g/mol. The van der Waals surface area contributed by atoms with Crippen LogP contribution in [-0.4, -0.2) is 24.0 Å². The second-order valence-electron chi connectivity index (χ2n) is 5.18. The van der Waals surface area contributed by atoms with E-state index in [4.69, 9.17) is 0 Å². The molecule has 2 rings (SSSR count). The highest BCUT2D eigenvalue weighted by molar-refractivity contribution is 4.84. The normalized spacial score (nSPS) is 36.2. The number of rotatable bonds is 1. The van der Waals surface area contributed by atoms with Crippen LogP contribution >= 0.6 is 0 Å². The van der Waals surface area contributed by atoms with Gasteiger partial charge in [-0.2, -0.15) is 0 Å². The summed E-state index contributed by atoms with van der Waals surface area (Å²) in [6.45, 7) is 7.42. The molecule has 76 valence electrons. The molecule has 2 aliphatic rings. The molecule has 2 unspecified atom stereocenters. The highest BCUT2D eigenvalue weighted by atomic mass is 15.2. The molecule has 2 fully saturated rings. The Kier molecular flexibility index (Phi) is 2.92. The van der Waals surface area contributed by atoms with E-state index in [0.717, 1.165) is 17.9 Å². The van der Waals surface area contributed by atoms with Gasteiger partial charge in [-0.15, -0.1) is 0 Å². The summed E-state index contributed by atoms with van der Waals surface area (Å²) in [7, 11) is 0. The third-order valence-electron chi connectivity index (χ3n) is 4.05. The van der Waals surface area contributed by atoms with Crippen LogP contribution in [0.3, 0.4) is 0 Å². The summed E-state index contributed by atoms with van der Waals surface area (Å²) in [5, 5.41) is 0. The number of likely N-dealkylation sites (tertiary alicyclic amines) is 1. The molecule has 0 aromatic rings. The predicted molar refractivity (Wildman–Crippen MR) is 56.8 cm³/mol. The van der Waals surface area contributed by atoms with Gasteiger partial charge in [0.15, 0.2) is 0 Å². The lowest BCUT2D eigenvalue weighted by molar-refractivity contribution is 0.0669. The van der Waals surface area contributed by atoms with E-state index < -0.39 is 0 Å². The zero-order valence-electron chi connectivity index (χ0n) is 9.13. The maximum Gasteiger partial charge on any atom is 0.00387 e. The van der Waals surface area contributed by atoms with E-state index in [1.807, 2.05) is 0 Å². The Hall–Kier alpha value is -0.0400. The quantitative estimate of drug-likeness (QED) is 0.601.